The van der Waals surface area contributed by atoms with Gasteiger partial charge in [0.2, 0.25) is 0 Å². The van der Waals surface area contributed by atoms with Gasteiger partial charge in [-0.15, -0.1) is 0 Å². The zero-order valence-electron chi connectivity index (χ0n) is 13.1. The van der Waals surface area contributed by atoms with E-state index >= 15 is 0 Å². The maximum atomic E-state index is 12.6. The van der Waals surface area contributed by atoms with Crippen molar-refractivity contribution in [2.75, 3.05) is 5.01 Å². The predicted octanol–water partition coefficient (Wildman–Crippen LogP) is 3.23. The van der Waals surface area contributed by atoms with Gasteiger partial charge in [0, 0.05) is 10.0 Å². The van der Waals surface area contributed by atoms with Crippen LogP contribution in [-0.2, 0) is 9.59 Å². The summed E-state index contributed by atoms with van der Waals surface area (Å²) in [5.41, 5.74) is 5.64. The number of phenols is 1. The number of nitrogens with zero attached hydrogens (tertiary/aromatic N) is 1. The van der Waals surface area contributed by atoms with Crippen molar-refractivity contribution >= 4 is 39.5 Å². The summed E-state index contributed by atoms with van der Waals surface area (Å²) >= 11 is 3.30. The summed E-state index contributed by atoms with van der Waals surface area (Å²) in [6.45, 7) is 3.92. The van der Waals surface area contributed by atoms with Gasteiger partial charge < -0.3 is 5.11 Å². The van der Waals surface area contributed by atoms with Gasteiger partial charge in [-0.05, 0) is 61.4 Å². The highest BCUT2D eigenvalue weighted by Gasteiger charge is 2.34. The monoisotopic (exact) mass is 386 g/mol. The lowest BCUT2D eigenvalue weighted by Gasteiger charge is -2.16. The zero-order valence-corrected chi connectivity index (χ0v) is 14.7. The number of aromatic hydroxyl groups is 1. The van der Waals surface area contributed by atoms with Crippen LogP contribution in [0.2, 0.25) is 0 Å². The number of rotatable bonds is 2. The Balaban J connectivity index is 1.98. The standard InChI is InChI=1S/C18H15BrN2O3/c1-10-3-5-14(7-11(10)2)21-18(24)15(17(23)20-21)9-12-8-13(19)4-6-16(12)22/h3-9,22H,1-2H3,(H,20,23)/b15-9+. The van der Waals surface area contributed by atoms with Gasteiger partial charge in [0.05, 0.1) is 5.69 Å². The fraction of sp³-hybridized carbons (Fsp3) is 0.111. The molecule has 1 heterocycles. The van der Waals surface area contributed by atoms with Crippen LogP contribution in [0.1, 0.15) is 16.7 Å². The molecule has 0 spiro atoms. The van der Waals surface area contributed by atoms with Crippen LogP contribution in [0.5, 0.6) is 5.75 Å². The Labute approximate surface area is 147 Å². The lowest BCUT2D eigenvalue weighted by Crippen LogP contribution is -2.35. The van der Waals surface area contributed by atoms with Crippen LogP contribution < -0.4 is 10.4 Å². The van der Waals surface area contributed by atoms with Crippen LogP contribution in [-0.4, -0.2) is 16.9 Å². The molecular weight excluding hydrogens is 372 g/mol. The summed E-state index contributed by atoms with van der Waals surface area (Å²) in [6.07, 6.45) is 1.39. The van der Waals surface area contributed by atoms with Crippen LogP contribution in [0.4, 0.5) is 5.69 Å². The second-order valence-electron chi connectivity index (χ2n) is 5.61. The Bertz CT molecular complexity index is 890. The number of phenolic OH excluding ortho intramolecular Hbond substituents is 1. The summed E-state index contributed by atoms with van der Waals surface area (Å²) < 4.78 is 0.740. The normalized spacial score (nSPS) is 16.0. The largest absolute Gasteiger partial charge is 0.507 e. The van der Waals surface area contributed by atoms with Gasteiger partial charge in [0.1, 0.15) is 11.3 Å². The molecule has 5 nitrogen and oxygen atoms in total. The van der Waals surface area contributed by atoms with Crippen LogP contribution in [0.15, 0.2) is 46.4 Å². The number of carbonyl (C=O) groups is 2. The van der Waals surface area contributed by atoms with Gasteiger partial charge in [-0.3, -0.25) is 15.0 Å². The lowest BCUT2D eigenvalue weighted by molar-refractivity contribution is -0.117. The predicted molar refractivity (Wildman–Crippen MR) is 95.3 cm³/mol. The Hall–Kier alpha value is -2.60. The van der Waals surface area contributed by atoms with E-state index in [4.69, 9.17) is 0 Å². The first-order valence-electron chi connectivity index (χ1n) is 7.30. The number of hydrazine groups is 1. The minimum atomic E-state index is -0.502. The van der Waals surface area contributed by atoms with Gasteiger partial charge in [-0.1, -0.05) is 22.0 Å². The molecule has 24 heavy (non-hydrogen) atoms. The molecule has 2 aromatic carbocycles. The van der Waals surface area contributed by atoms with Crippen LogP contribution in [0.3, 0.4) is 0 Å². The summed E-state index contributed by atoms with van der Waals surface area (Å²) in [6, 6.07) is 10.3. The molecule has 1 saturated heterocycles. The lowest BCUT2D eigenvalue weighted by atomic mass is 10.1. The maximum Gasteiger partial charge on any atom is 0.282 e. The quantitative estimate of drug-likeness (QED) is 0.614. The third-order valence-corrected chi connectivity index (χ3v) is 4.42. The second kappa shape index (κ2) is 6.13. The maximum absolute atomic E-state index is 12.6. The summed E-state index contributed by atoms with van der Waals surface area (Å²) in [5, 5.41) is 11.1. The number of hydrogen-bond donors (Lipinski definition) is 2. The van der Waals surface area contributed by atoms with Crippen molar-refractivity contribution in [1.29, 1.82) is 0 Å². The van der Waals surface area contributed by atoms with Crippen molar-refractivity contribution in [2.45, 2.75) is 13.8 Å². The van der Waals surface area contributed by atoms with E-state index in [1.54, 1.807) is 18.2 Å². The molecule has 2 N–H and O–H groups in total. The number of carbonyl (C=O) groups excluding carboxylic acids is 2. The Morgan fingerprint density at radius 1 is 1.08 bits per heavy atom. The summed E-state index contributed by atoms with van der Waals surface area (Å²) in [4.78, 5) is 24.8. The fourth-order valence-corrected chi connectivity index (χ4v) is 2.78. The molecule has 3 rings (SSSR count). The first kappa shape index (κ1) is 16.3. The zero-order chi connectivity index (χ0) is 17.4. The topological polar surface area (TPSA) is 69.6 Å². The SMILES string of the molecule is Cc1ccc(N2NC(=O)/C(=C\c3cc(Br)ccc3O)C2=O)cc1C. The van der Waals surface area contributed by atoms with E-state index in [9.17, 15) is 14.7 Å². The molecule has 0 aliphatic carbocycles. The molecule has 0 unspecified atom stereocenters. The smallest absolute Gasteiger partial charge is 0.282 e. The third-order valence-electron chi connectivity index (χ3n) is 3.93. The first-order valence-corrected chi connectivity index (χ1v) is 8.09. The van der Waals surface area contributed by atoms with Crippen LogP contribution >= 0.6 is 15.9 Å². The average molecular weight is 387 g/mol. The fourth-order valence-electron chi connectivity index (χ4n) is 2.40. The molecule has 0 bridgehead atoms. The van der Waals surface area contributed by atoms with Crippen molar-refractivity contribution in [3.63, 3.8) is 0 Å². The second-order valence-corrected chi connectivity index (χ2v) is 6.53. The third kappa shape index (κ3) is 2.92. The first-order chi connectivity index (χ1) is 11.4. The van der Waals surface area contributed by atoms with Crippen molar-refractivity contribution in [3.8, 4) is 5.75 Å². The van der Waals surface area contributed by atoms with E-state index in [1.165, 1.54) is 17.2 Å². The molecule has 1 aliphatic heterocycles. The molecule has 0 atom stereocenters. The van der Waals surface area contributed by atoms with E-state index in [1.807, 2.05) is 26.0 Å². The minimum Gasteiger partial charge on any atom is -0.507 e. The number of hydrogen-bond acceptors (Lipinski definition) is 3. The molecule has 0 aromatic heterocycles. The van der Waals surface area contributed by atoms with Crippen molar-refractivity contribution in [3.05, 3.63) is 63.1 Å². The van der Waals surface area contributed by atoms with E-state index in [0.717, 1.165) is 15.6 Å². The van der Waals surface area contributed by atoms with Crippen molar-refractivity contribution < 1.29 is 14.7 Å². The van der Waals surface area contributed by atoms with Gasteiger partial charge in [0.15, 0.2) is 0 Å². The van der Waals surface area contributed by atoms with Crippen molar-refractivity contribution in [2.24, 2.45) is 0 Å². The van der Waals surface area contributed by atoms with Crippen LogP contribution in [0, 0.1) is 13.8 Å². The highest BCUT2D eigenvalue weighted by Crippen LogP contribution is 2.27. The highest BCUT2D eigenvalue weighted by molar-refractivity contribution is 9.10. The number of benzene rings is 2. The molecule has 122 valence electrons. The van der Waals surface area contributed by atoms with E-state index in [-0.39, 0.29) is 11.3 Å². The number of aryl methyl sites for hydroxylation is 2. The Morgan fingerprint density at radius 2 is 1.83 bits per heavy atom. The number of halogens is 1. The van der Waals surface area contributed by atoms with Gasteiger partial charge in [-0.25, -0.2) is 5.01 Å². The average Bonchev–Trinajstić information content (AvgIpc) is 2.81. The Morgan fingerprint density at radius 3 is 2.54 bits per heavy atom. The highest BCUT2D eigenvalue weighted by atomic mass is 79.9. The molecule has 1 fully saturated rings. The van der Waals surface area contributed by atoms with E-state index < -0.39 is 11.8 Å². The summed E-state index contributed by atoms with van der Waals surface area (Å²) in [5.74, 6) is -0.962. The molecule has 2 amide bonds. The molecule has 0 saturated carbocycles. The number of amides is 2. The number of nitrogens with one attached hydrogen (secondary N) is 1. The molecule has 1 aliphatic rings. The van der Waals surface area contributed by atoms with E-state index in [0.29, 0.717) is 11.3 Å². The summed E-state index contributed by atoms with van der Waals surface area (Å²) in [7, 11) is 0. The van der Waals surface area contributed by atoms with Crippen LogP contribution in [0.25, 0.3) is 6.08 Å². The minimum absolute atomic E-state index is 0.00377. The van der Waals surface area contributed by atoms with Gasteiger partial charge in [-0.2, -0.15) is 0 Å². The molecular formula is C18H15BrN2O3. The molecule has 6 heteroatoms. The van der Waals surface area contributed by atoms with Gasteiger partial charge in [0.25, 0.3) is 11.8 Å². The molecule has 2 aromatic rings. The number of anilines is 1. The molecule has 0 radical (unpaired) electrons. The Kier molecular flexibility index (Phi) is 4.15. The van der Waals surface area contributed by atoms with Gasteiger partial charge >= 0.3 is 0 Å². The van der Waals surface area contributed by atoms with Crippen molar-refractivity contribution in [1.82, 2.24) is 5.43 Å². The van der Waals surface area contributed by atoms with E-state index in [2.05, 4.69) is 21.4 Å².